The van der Waals surface area contributed by atoms with Crippen molar-refractivity contribution in [2.24, 2.45) is 17.8 Å². The Morgan fingerprint density at radius 2 is 2.25 bits per heavy atom. The quantitative estimate of drug-likeness (QED) is 0.496. The number of rotatable bonds is 1. The molecule has 3 aliphatic rings. The Balaban J connectivity index is 2.06. The van der Waals surface area contributed by atoms with Gasteiger partial charge in [0.2, 0.25) is 0 Å². The van der Waals surface area contributed by atoms with Crippen LogP contribution in [0.5, 0.6) is 0 Å². The molecule has 3 rings (SSSR count). The van der Waals surface area contributed by atoms with E-state index in [1.165, 1.54) is 0 Å². The van der Waals surface area contributed by atoms with Crippen molar-refractivity contribution in [1.82, 2.24) is 0 Å². The monoisotopic (exact) mass is 218 g/mol. The van der Waals surface area contributed by atoms with E-state index in [-0.39, 0.29) is 35.6 Å². The summed E-state index contributed by atoms with van der Waals surface area (Å²) in [5.74, 6) is -0.141. The van der Waals surface area contributed by atoms with Crippen LogP contribution in [0.2, 0.25) is 0 Å². The van der Waals surface area contributed by atoms with Crippen LogP contribution < -0.4 is 0 Å². The lowest BCUT2D eigenvalue weighted by Crippen LogP contribution is -2.38. The Hall–Kier alpha value is -1.38. The minimum Gasteiger partial charge on any atom is -0.457 e. The molecule has 84 valence electrons. The molecule has 1 saturated heterocycles. The lowest BCUT2D eigenvalue weighted by Gasteiger charge is -2.33. The molecule has 0 bridgehead atoms. The van der Waals surface area contributed by atoms with Crippen LogP contribution in [0.15, 0.2) is 23.8 Å². The molecule has 0 N–H and O–H groups in total. The first-order chi connectivity index (χ1) is 7.72. The molecule has 3 nitrogen and oxygen atoms in total. The SMILES string of the molecule is CCC1=CCC2C(=O)C=CC3OC(=O)C1C32. The van der Waals surface area contributed by atoms with Gasteiger partial charge in [-0.05, 0) is 25.0 Å². The second-order valence-corrected chi connectivity index (χ2v) is 4.69. The molecular weight excluding hydrogens is 204 g/mol. The van der Waals surface area contributed by atoms with Crippen LogP contribution in [0.3, 0.4) is 0 Å². The zero-order valence-corrected chi connectivity index (χ0v) is 9.18. The van der Waals surface area contributed by atoms with Crippen LogP contribution in [-0.2, 0) is 14.3 Å². The molecule has 2 aliphatic carbocycles. The molecule has 4 unspecified atom stereocenters. The molecular formula is C13H14O3. The summed E-state index contributed by atoms with van der Waals surface area (Å²) in [6, 6.07) is 0. The van der Waals surface area contributed by atoms with Crippen LogP contribution in [0.4, 0.5) is 0 Å². The van der Waals surface area contributed by atoms with Gasteiger partial charge in [0, 0.05) is 11.8 Å². The summed E-state index contributed by atoms with van der Waals surface area (Å²) < 4.78 is 5.34. The van der Waals surface area contributed by atoms with Crippen LogP contribution in [-0.4, -0.2) is 17.9 Å². The molecule has 4 atom stereocenters. The minimum atomic E-state index is -0.171. The van der Waals surface area contributed by atoms with E-state index < -0.39 is 0 Å². The molecule has 0 saturated carbocycles. The molecule has 1 aliphatic heterocycles. The smallest absolute Gasteiger partial charge is 0.314 e. The average Bonchev–Trinajstić information content (AvgIpc) is 2.63. The highest BCUT2D eigenvalue weighted by Crippen LogP contribution is 2.47. The zero-order valence-electron chi connectivity index (χ0n) is 9.18. The van der Waals surface area contributed by atoms with Crippen molar-refractivity contribution in [3.8, 4) is 0 Å². The van der Waals surface area contributed by atoms with Gasteiger partial charge in [0.1, 0.15) is 6.10 Å². The summed E-state index contributed by atoms with van der Waals surface area (Å²) in [5.41, 5.74) is 1.15. The van der Waals surface area contributed by atoms with Gasteiger partial charge in [0.05, 0.1) is 5.92 Å². The number of carbonyl (C=O) groups is 2. The minimum absolute atomic E-state index is 0.0400. The van der Waals surface area contributed by atoms with Crippen LogP contribution in [0.25, 0.3) is 0 Å². The van der Waals surface area contributed by atoms with E-state index in [2.05, 4.69) is 6.08 Å². The van der Waals surface area contributed by atoms with E-state index in [9.17, 15) is 9.59 Å². The van der Waals surface area contributed by atoms with Gasteiger partial charge in [-0.1, -0.05) is 18.6 Å². The maximum absolute atomic E-state index is 11.8. The molecule has 0 spiro atoms. The Morgan fingerprint density at radius 3 is 3.00 bits per heavy atom. The summed E-state index contributed by atoms with van der Waals surface area (Å²) in [5, 5.41) is 0. The topological polar surface area (TPSA) is 43.4 Å². The predicted molar refractivity (Wildman–Crippen MR) is 57.5 cm³/mol. The lowest BCUT2D eigenvalue weighted by atomic mass is 9.67. The van der Waals surface area contributed by atoms with E-state index in [4.69, 9.17) is 4.74 Å². The van der Waals surface area contributed by atoms with Crippen molar-refractivity contribution in [2.45, 2.75) is 25.9 Å². The van der Waals surface area contributed by atoms with Crippen LogP contribution in [0, 0.1) is 17.8 Å². The molecule has 0 aromatic carbocycles. The third kappa shape index (κ3) is 1.14. The summed E-state index contributed by atoms with van der Waals surface area (Å²) in [6.07, 6.45) is 6.85. The average molecular weight is 218 g/mol. The van der Waals surface area contributed by atoms with Crippen molar-refractivity contribution in [3.05, 3.63) is 23.8 Å². The van der Waals surface area contributed by atoms with Crippen molar-refractivity contribution in [1.29, 1.82) is 0 Å². The third-order valence-electron chi connectivity index (χ3n) is 3.99. The normalized spacial score (nSPS) is 40.4. The number of allylic oxidation sites excluding steroid dienone is 2. The summed E-state index contributed by atoms with van der Waals surface area (Å²) in [4.78, 5) is 23.6. The number of hydrogen-bond acceptors (Lipinski definition) is 3. The van der Waals surface area contributed by atoms with Crippen molar-refractivity contribution >= 4 is 11.8 Å². The fourth-order valence-corrected chi connectivity index (χ4v) is 3.21. The highest BCUT2D eigenvalue weighted by molar-refractivity contribution is 5.95. The van der Waals surface area contributed by atoms with Gasteiger partial charge >= 0.3 is 5.97 Å². The third-order valence-corrected chi connectivity index (χ3v) is 3.99. The molecule has 0 aromatic rings. The fraction of sp³-hybridized carbons (Fsp3) is 0.538. The number of carbonyl (C=O) groups excluding carboxylic acids is 2. The van der Waals surface area contributed by atoms with E-state index in [1.807, 2.05) is 6.92 Å². The van der Waals surface area contributed by atoms with Crippen molar-refractivity contribution in [2.75, 3.05) is 0 Å². The second-order valence-electron chi connectivity index (χ2n) is 4.69. The summed E-state index contributed by atoms with van der Waals surface area (Å²) >= 11 is 0. The van der Waals surface area contributed by atoms with Crippen LogP contribution in [0.1, 0.15) is 19.8 Å². The fourth-order valence-electron chi connectivity index (χ4n) is 3.21. The van der Waals surface area contributed by atoms with Crippen molar-refractivity contribution < 1.29 is 14.3 Å². The first-order valence-electron chi connectivity index (χ1n) is 5.84. The van der Waals surface area contributed by atoms with Gasteiger partial charge in [-0.25, -0.2) is 0 Å². The highest BCUT2D eigenvalue weighted by atomic mass is 16.6. The molecule has 0 radical (unpaired) electrons. The van der Waals surface area contributed by atoms with Gasteiger partial charge in [0.15, 0.2) is 5.78 Å². The predicted octanol–water partition coefficient (Wildman–Crippen LogP) is 1.64. The molecule has 1 heterocycles. The number of ketones is 1. The number of esters is 1. The van der Waals surface area contributed by atoms with Gasteiger partial charge in [-0.15, -0.1) is 0 Å². The standard InChI is InChI=1S/C13H14O3/c1-2-7-3-4-8-9(14)5-6-10-12(8)11(7)13(15)16-10/h3,5-6,8,10-12H,2,4H2,1H3. The first kappa shape index (κ1) is 9.82. The molecule has 0 amide bonds. The van der Waals surface area contributed by atoms with E-state index in [0.29, 0.717) is 0 Å². The first-order valence-corrected chi connectivity index (χ1v) is 5.84. The maximum atomic E-state index is 11.8. The van der Waals surface area contributed by atoms with Gasteiger partial charge in [-0.2, -0.15) is 0 Å². The van der Waals surface area contributed by atoms with E-state index in [1.54, 1.807) is 12.2 Å². The summed E-state index contributed by atoms with van der Waals surface area (Å²) in [6.45, 7) is 2.05. The highest BCUT2D eigenvalue weighted by Gasteiger charge is 2.53. The number of ether oxygens (including phenoxy) is 1. The largest absolute Gasteiger partial charge is 0.457 e. The maximum Gasteiger partial charge on any atom is 0.314 e. The van der Waals surface area contributed by atoms with Gasteiger partial charge in [0.25, 0.3) is 0 Å². The lowest BCUT2D eigenvalue weighted by molar-refractivity contribution is -0.142. The van der Waals surface area contributed by atoms with Gasteiger partial charge in [-0.3, -0.25) is 9.59 Å². The van der Waals surface area contributed by atoms with Gasteiger partial charge < -0.3 is 4.74 Å². The molecule has 0 aromatic heterocycles. The Labute approximate surface area is 94.2 Å². The van der Waals surface area contributed by atoms with Crippen LogP contribution >= 0.6 is 0 Å². The van der Waals surface area contributed by atoms with E-state index in [0.717, 1.165) is 18.4 Å². The van der Waals surface area contributed by atoms with Crippen molar-refractivity contribution in [3.63, 3.8) is 0 Å². The second kappa shape index (κ2) is 3.30. The molecule has 1 fully saturated rings. The Morgan fingerprint density at radius 1 is 1.44 bits per heavy atom. The molecule has 16 heavy (non-hydrogen) atoms. The number of hydrogen-bond donors (Lipinski definition) is 0. The Kier molecular flexibility index (Phi) is 2.03. The Bertz CT molecular complexity index is 419. The van der Waals surface area contributed by atoms with E-state index >= 15 is 0 Å². The zero-order chi connectivity index (χ0) is 11.3. The summed E-state index contributed by atoms with van der Waals surface area (Å²) in [7, 11) is 0. The molecule has 3 heteroatoms.